The molecule has 2 saturated heterocycles. The summed E-state index contributed by atoms with van der Waals surface area (Å²) in [5.74, 6) is 0.491. The smallest absolute Gasteiger partial charge is 0.409 e. The predicted molar refractivity (Wildman–Crippen MR) is 106 cm³/mol. The van der Waals surface area contributed by atoms with E-state index in [0.717, 1.165) is 39.3 Å². The maximum absolute atomic E-state index is 11.9. The lowest BCUT2D eigenvalue weighted by Crippen LogP contribution is -2.50. The van der Waals surface area contributed by atoms with Gasteiger partial charge in [0.15, 0.2) is 0 Å². The zero-order chi connectivity index (χ0) is 18.6. The van der Waals surface area contributed by atoms with Gasteiger partial charge in [0.1, 0.15) is 0 Å². The van der Waals surface area contributed by atoms with Crippen LogP contribution in [0.4, 0.5) is 4.79 Å². The van der Waals surface area contributed by atoms with Gasteiger partial charge >= 0.3 is 6.09 Å². The lowest BCUT2D eigenvalue weighted by Gasteiger charge is -2.36. The summed E-state index contributed by atoms with van der Waals surface area (Å²) in [7, 11) is 0. The molecule has 2 N–H and O–H groups in total. The van der Waals surface area contributed by atoms with Gasteiger partial charge in [0.05, 0.1) is 12.6 Å². The summed E-state index contributed by atoms with van der Waals surface area (Å²) in [6.45, 7) is 7.54. The SMILES string of the molecule is CCOC(=O)N1CCN(CC2CNNC2c2cccc3ccccc23)CC1. The highest BCUT2D eigenvalue weighted by Gasteiger charge is 2.32. The lowest BCUT2D eigenvalue weighted by molar-refractivity contribution is 0.0750. The van der Waals surface area contributed by atoms with E-state index in [9.17, 15) is 4.79 Å². The first-order chi connectivity index (χ1) is 13.3. The minimum Gasteiger partial charge on any atom is -0.450 e. The molecule has 2 atom stereocenters. The normalized spacial score (nSPS) is 23.7. The number of carbonyl (C=O) groups is 1. The first-order valence-corrected chi connectivity index (χ1v) is 9.86. The van der Waals surface area contributed by atoms with E-state index in [1.807, 2.05) is 11.8 Å². The first-order valence-electron chi connectivity index (χ1n) is 9.86. The van der Waals surface area contributed by atoms with Crippen molar-refractivity contribution in [2.75, 3.05) is 45.9 Å². The van der Waals surface area contributed by atoms with Crippen molar-refractivity contribution in [3.8, 4) is 0 Å². The molecule has 6 nitrogen and oxygen atoms in total. The molecule has 27 heavy (non-hydrogen) atoms. The number of rotatable bonds is 4. The van der Waals surface area contributed by atoms with Crippen LogP contribution in [0, 0.1) is 5.92 Å². The fourth-order valence-electron chi connectivity index (χ4n) is 4.22. The van der Waals surface area contributed by atoms with E-state index >= 15 is 0 Å². The molecule has 2 aliphatic heterocycles. The maximum Gasteiger partial charge on any atom is 0.409 e. The van der Waals surface area contributed by atoms with Gasteiger partial charge in [-0.05, 0) is 23.3 Å². The van der Waals surface area contributed by atoms with Crippen LogP contribution in [0.15, 0.2) is 42.5 Å². The van der Waals surface area contributed by atoms with Crippen molar-refractivity contribution in [1.82, 2.24) is 20.7 Å². The summed E-state index contributed by atoms with van der Waals surface area (Å²) in [6, 6.07) is 15.4. The van der Waals surface area contributed by atoms with Gasteiger partial charge in [-0.25, -0.2) is 10.2 Å². The van der Waals surface area contributed by atoms with Crippen molar-refractivity contribution in [2.45, 2.75) is 13.0 Å². The monoisotopic (exact) mass is 368 g/mol. The van der Waals surface area contributed by atoms with Gasteiger partial charge in [-0.15, -0.1) is 0 Å². The van der Waals surface area contributed by atoms with Gasteiger partial charge in [0, 0.05) is 45.2 Å². The van der Waals surface area contributed by atoms with E-state index in [2.05, 4.69) is 58.2 Å². The number of amides is 1. The van der Waals surface area contributed by atoms with Gasteiger partial charge in [-0.3, -0.25) is 10.3 Å². The lowest BCUT2D eigenvalue weighted by atomic mass is 9.90. The minimum absolute atomic E-state index is 0.185. The van der Waals surface area contributed by atoms with Crippen LogP contribution in [-0.2, 0) is 4.74 Å². The van der Waals surface area contributed by atoms with Crippen molar-refractivity contribution in [1.29, 1.82) is 0 Å². The van der Waals surface area contributed by atoms with Crippen molar-refractivity contribution >= 4 is 16.9 Å². The average Bonchev–Trinajstić information content (AvgIpc) is 3.16. The molecule has 2 fully saturated rings. The van der Waals surface area contributed by atoms with E-state index in [1.165, 1.54) is 16.3 Å². The van der Waals surface area contributed by atoms with Crippen molar-refractivity contribution < 1.29 is 9.53 Å². The highest BCUT2D eigenvalue weighted by Crippen LogP contribution is 2.31. The van der Waals surface area contributed by atoms with Crippen LogP contribution in [0.2, 0.25) is 0 Å². The molecule has 0 spiro atoms. The quantitative estimate of drug-likeness (QED) is 0.868. The van der Waals surface area contributed by atoms with Crippen LogP contribution in [0.5, 0.6) is 0 Å². The summed E-state index contributed by atoms with van der Waals surface area (Å²) in [4.78, 5) is 16.2. The van der Waals surface area contributed by atoms with E-state index in [-0.39, 0.29) is 6.09 Å². The molecule has 0 aromatic heterocycles. The van der Waals surface area contributed by atoms with Gasteiger partial charge in [0.25, 0.3) is 0 Å². The third-order valence-electron chi connectivity index (χ3n) is 5.64. The maximum atomic E-state index is 11.9. The average molecular weight is 368 g/mol. The van der Waals surface area contributed by atoms with Gasteiger partial charge in [0.2, 0.25) is 0 Å². The van der Waals surface area contributed by atoms with E-state index in [4.69, 9.17) is 4.74 Å². The van der Waals surface area contributed by atoms with Crippen molar-refractivity contribution in [3.63, 3.8) is 0 Å². The standard InChI is InChI=1S/C21H28N4O2/c1-2-27-21(26)25-12-10-24(11-13-25)15-17-14-22-23-20(17)19-9-5-7-16-6-3-4-8-18(16)19/h3-9,17,20,22-23H,2,10-15H2,1H3. The number of piperazine rings is 1. The molecule has 4 rings (SSSR count). The highest BCUT2D eigenvalue weighted by molar-refractivity contribution is 5.86. The Kier molecular flexibility index (Phi) is 5.57. The Morgan fingerprint density at radius 2 is 1.89 bits per heavy atom. The van der Waals surface area contributed by atoms with Gasteiger partial charge in [-0.1, -0.05) is 42.5 Å². The number of fused-ring (bicyclic) bond motifs is 1. The molecule has 144 valence electrons. The number of benzene rings is 2. The highest BCUT2D eigenvalue weighted by atomic mass is 16.6. The molecule has 1 amide bonds. The Balaban J connectivity index is 1.42. The number of nitrogens with one attached hydrogen (secondary N) is 2. The Hall–Kier alpha value is -2.15. The molecule has 6 heteroatoms. The molecule has 2 aromatic rings. The van der Waals surface area contributed by atoms with Crippen LogP contribution in [0.1, 0.15) is 18.5 Å². The molecule has 2 aliphatic rings. The second-order valence-corrected chi connectivity index (χ2v) is 7.32. The Bertz CT molecular complexity index is 783. The second-order valence-electron chi connectivity index (χ2n) is 7.32. The molecular weight excluding hydrogens is 340 g/mol. The Morgan fingerprint density at radius 1 is 1.11 bits per heavy atom. The topological polar surface area (TPSA) is 56.8 Å². The third-order valence-corrected chi connectivity index (χ3v) is 5.64. The van der Waals surface area contributed by atoms with Crippen molar-refractivity contribution in [2.24, 2.45) is 5.92 Å². The van der Waals surface area contributed by atoms with Crippen molar-refractivity contribution in [3.05, 3.63) is 48.0 Å². The summed E-state index contributed by atoms with van der Waals surface area (Å²) in [5, 5.41) is 2.60. The number of hydrazine groups is 1. The summed E-state index contributed by atoms with van der Waals surface area (Å²) in [6.07, 6.45) is -0.185. The van der Waals surface area contributed by atoms with Crippen LogP contribution < -0.4 is 10.9 Å². The third kappa shape index (κ3) is 3.93. The number of nitrogens with zero attached hydrogens (tertiary/aromatic N) is 2. The molecule has 2 unspecified atom stereocenters. The summed E-state index contributed by atoms with van der Waals surface area (Å²) in [5.41, 5.74) is 8.20. The summed E-state index contributed by atoms with van der Waals surface area (Å²) >= 11 is 0. The Labute approximate surface area is 160 Å². The van der Waals surface area contributed by atoms with E-state index in [0.29, 0.717) is 18.6 Å². The molecule has 2 heterocycles. The zero-order valence-corrected chi connectivity index (χ0v) is 15.9. The fourth-order valence-corrected chi connectivity index (χ4v) is 4.22. The fraction of sp³-hybridized carbons (Fsp3) is 0.476. The summed E-state index contributed by atoms with van der Waals surface area (Å²) < 4.78 is 5.11. The largest absolute Gasteiger partial charge is 0.450 e. The predicted octanol–water partition coefficient (Wildman–Crippen LogP) is 2.38. The molecule has 0 radical (unpaired) electrons. The number of hydrogen-bond donors (Lipinski definition) is 2. The Morgan fingerprint density at radius 3 is 2.70 bits per heavy atom. The van der Waals surface area contributed by atoms with E-state index in [1.54, 1.807) is 0 Å². The second kappa shape index (κ2) is 8.25. The van der Waals surface area contributed by atoms with Crippen LogP contribution in [0.3, 0.4) is 0 Å². The first kappa shape index (κ1) is 18.2. The molecule has 0 saturated carbocycles. The van der Waals surface area contributed by atoms with Gasteiger partial charge < -0.3 is 9.64 Å². The number of carbonyl (C=O) groups excluding carboxylic acids is 1. The number of ether oxygens (including phenoxy) is 1. The minimum atomic E-state index is -0.185. The molecule has 0 bridgehead atoms. The van der Waals surface area contributed by atoms with Crippen LogP contribution in [-0.4, -0.2) is 61.8 Å². The zero-order valence-electron chi connectivity index (χ0n) is 15.9. The van der Waals surface area contributed by atoms with E-state index < -0.39 is 0 Å². The molecule has 2 aromatic carbocycles. The molecule has 0 aliphatic carbocycles. The number of hydrogen-bond acceptors (Lipinski definition) is 5. The van der Waals surface area contributed by atoms with Crippen LogP contribution in [0.25, 0.3) is 10.8 Å². The van der Waals surface area contributed by atoms with Crippen LogP contribution >= 0.6 is 0 Å². The van der Waals surface area contributed by atoms with Gasteiger partial charge in [-0.2, -0.15) is 0 Å². The molecular formula is C21H28N4O2.